The maximum Gasteiger partial charge on any atom is 0.0361 e. The van der Waals surface area contributed by atoms with Crippen molar-refractivity contribution in [3.8, 4) is 0 Å². The molecule has 1 aliphatic heterocycles. The summed E-state index contributed by atoms with van der Waals surface area (Å²) in [4.78, 5) is 0. The Morgan fingerprint density at radius 1 is 1.33 bits per heavy atom. The molecule has 0 amide bonds. The van der Waals surface area contributed by atoms with Crippen LogP contribution in [-0.2, 0) is 6.42 Å². The molecule has 1 unspecified atom stereocenters. The Labute approximate surface area is 114 Å². The second-order valence-corrected chi connectivity index (χ2v) is 7.07. The monoisotopic (exact) mass is 259 g/mol. The fourth-order valence-electron chi connectivity index (χ4n) is 3.27. The molecule has 1 heterocycles. The van der Waals surface area contributed by atoms with Gasteiger partial charge in [-0.25, -0.2) is 0 Å². The minimum absolute atomic E-state index is 0.343. The summed E-state index contributed by atoms with van der Waals surface area (Å²) in [5.41, 5.74) is 6.43. The molecule has 1 nitrogen and oxygen atoms in total. The number of fused-ring (bicyclic) bond motifs is 2. The first-order chi connectivity index (χ1) is 8.74. The van der Waals surface area contributed by atoms with Crippen molar-refractivity contribution < 1.29 is 0 Å². The molecule has 2 heteroatoms. The van der Waals surface area contributed by atoms with Gasteiger partial charge in [0.05, 0.1) is 0 Å². The van der Waals surface area contributed by atoms with Crippen molar-refractivity contribution in [2.75, 3.05) is 19.3 Å². The lowest BCUT2D eigenvalue weighted by molar-refractivity contribution is 0.615. The molecule has 0 fully saturated rings. The molecule has 0 aromatic heterocycles. The highest BCUT2D eigenvalue weighted by Crippen LogP contribution is 2.50. The first kappa shape index (κ1) is 12.3. The average molecular weight is 259 g/mol. The van der Waals surface area contributed by atoms with Crippen LogP contribution in [0.5, 0.6) is 0 Å². The van der Waals surface area contributed by atoms with E-state index in [-0.39, 0.29) is 0 Å². The summed E-state index contributed by atoms with van der Waals surface area (Å²) in [7, 11) is 2.05. The third kappa shape index (κ3) is 1.92. The molecular weight excluding hydrogens is 238 g/mol. The van der Waals surface area contributed by atoms with Crippen LogP contribution in [0, 0.1) is 0 Å². The second-order valence-electron chi connectivity index (χ2n) is 5.47. The van der Waals surface area contributed by atoms with E-state index in [9.17, 15) is 0 Å². The lowest BCUT2D eigenvalue weighted by Gasteiger charge is -2.35. The van der Waals surface area contributed by atoms with Crippen molar-refractivity contribution in [1.29, 1.82) is 0 Å². The van der Waals surface area contributed by atoms with E-state index in [1.807, 2.05) is 0 Å². The highest BCUT2D eigenvalue weighted by molar-refractivity contribution is 8.00. The smallest absolute Gasteiger partial charge is 0.0361 e. The summed E-state index contributed by atoms with van der Waals surface area (Å²) in [6.07, 6.45) is 3.67. The normalized spacial score (nSPS) is 26.1. The van der Waals surface area contributed by atoms with E-state index in [0.29, 0.717) is 4.75 Å². The van der Waals surface area contributed by atoms with Gasteiger partial charge in [0.15, 0.2) is 0 Å². The zero-order valence-corrected chi connectivity index (χ0v) is 12.1. The Morgan fingerprint density at radius 2 is 2.17 bits per heavy atom. The fourth-order valence-corrected chi connectivity index (χ4v) is 4.65. The largest absolute Gasteiger partial charge is 0.320 e. The van der Waals surface area contributed by atoms with Crippen LogP contribution in [0.3, 0.4) is 0 Å². The zero-order chi connectivity index (χ0) is 12.6. The third-order valence-electron chi connectivity index (χ3n) is 4.34. The Balaban J connectivity index is 1.97. The molecule has 0 spiro atoms. The van der Waals surface area contributed by atoms with Crippen molar-refractivity contribution in [3.05, 3.63) is 41.0 Å². The van der Waals surface area contributed by atoms with E-state index in [2.05, 4.69) is 55.3 Å². The van der Waals surface area contributed by atoms with Gasteiger partial charge < -0.3 is 5.32 Å². The molecule has 96 valence electrons. The topological polar surface area (TPSA) is 12.0 Å². The standard InChI is InChI=1S/C16H21NS/c1-16(8-9-17-2)15-11-12-5-3-4-6-13(12)14(15)7-10-18-16/h3-6,17H,7-11H2,1-2H3. The Bertz CT molecular complexity index is 492. The molecule has 0 saturated heterocycles. The number of benzene rings is 1. The molecule has 0 bridgehead atoms. The van der Waals surface area contributed by atoms with Gasteiger partial charge in [-0.05, 0) is 67.8 Å². The number of allylic oxidation sites excluding steroid dienone is 1. The predicted molar refractivity (Wildman–Crippen MR) is 81.1 cm³/mol. The number of hydrogen-bond acceptors (Lipinski definition) is 2. The maximum atomic E-state index is 3.31. The van der Waals surface area contributed by atoms with E-state index < -0.39 is 0 Å². The number of thioether (sulfide) groups is 1. The Hall–Kier alpha value is -0.730. The van der Waals surface area contributed by atoms with Gasteiger partial charge in [-0.1, -0.05) is 24.3 Å². The fraction of sp³-hybridized carbons (Fsp3) is 0.500. The summed E-state index contributed by atoms with van der Waals surface area (Å²) >= 11 is 2.15. The van der Waals surface area contributed by atoms with Crippen LogP contribution >= 0.6 is 11.8 Å². The minimum Gasteiger partial charge on any atom is -0.320 e. The van der Waals surface area contributed by atoms with Crippen molar-refractivity contribution in [2.45, 2.75) is 30.9 Å². The SMILES string of the molecule is CNCCC1(C)SCCC2=C1Cc1ccccc12. The van der Waals surface area contributed by atoms with E-state index in [1.165, 1.54) is 30.6 Å². The predicted octanol–water partition coefficient (Wildman–Crippen LogP) is 3.50. The van der Waals surface area contributed by atoms with Crippen LogP contribution in [0.4, 0.5) is 0 Å². The van der Waals surface area contributed by atoms with Crippen molar-refractivity contribution in [2.24, 2.45) is 0 Å². The lowest BCUT2D eigenvalue weighted by Crippen LogP contribution is -2.31. The average Bonchev–Trinajstić information content (AvgIpc) is 2.77. The molecule has 18 heavy (non-hydrogen) atoms. The minimum atomic E-state index is 0.343. The first-order valence-corrected chi connectivity index (χ1v) is 7.82. The molecular formula is C16H21NS. The number of nitrogens with one attached hydrogen (secondary N) is 1. The van der Waals surface area contributed by atoms with Crippen LogP contribution < -0.4 is 5.32 Å². The van der Waals surface area contributed by atoms with Gasteiger partial charge in [0.25, 0.3) is 0 Å². The van der Waals surface area contributed by atoms with E-state index in [4.69, 9.17) is 0 Å². The molecule has 1 N–H and O–H groups in total. The van der Waals surface area contributed by atoms with Crippen LogP contribution in [0.1, 0.15) is 30.9 Å². The zero-order valence-electron chi connectivity index (χ0n) is 11.3. The second kappa shape index (κ2) is 4.75. The van der Waals surface area contributed by atoms with Gasteiger partial charge in [-0.3, -0.25) is 0 Å². The summed E-state index contributed by atoms with van der Waals surface area (Å²) in [6.45, 7) is 3.55. The van der Waals surface area contributed by atoms with Gasteiger partial charge in [-0.15, -0.1) is 0 Å². The van der Waals surface area contributed by atoms with Gasteiger partial charge in [0.1, 0.15) is 0 Å². The Kier molecular flexibility index (Phi) is 3.25. The van der Waals surface area contributed by atoms with Crippen LogP contribution in [0.15, 0.2) is 29.8 Å². The molecule has 1 aromatic rings. The number of hydrogen-bond donors (Lipinski definition) is 1. The summed E-state index contributed by atoms with van der Waals surface area (Å²) in [5.74, 6) is 1.27. The molecule has 2 aliphatic rings. The van der Waals surface area contributed by atoms with Crippen LogP contribution in [0.25, 0.3) is 5.57 Å². The van der Waals surface area contributed by atoms with Gasteiger partial charge in [-0.2, -0.15) is 11.8 Å². The van der Waals surface area contributed by atoms with Crippen molar-refractivity contribution in [1.82, 2.24) is 5.32 Å². The molecule has 0 saturated carbocycles. The summed E-state index contributed by atoms with van der Waals surface area (Å²) < 4.78 is 0.343. The van der Waals surface area contributed by atoms with Crippen molar-refractivity contribution in [3.63, 3.8) is 0 Å². The van der Waals surface area contributed by atoms with Crippen molar-refractivity contribution >= 4 is 17.3 Å². The summed E-state index contributed by atoms with van der Waals surface area (Å²) in [5, 5.41) is 3.31. The van der Waals surface area contributed by atoms with Gasteiger partial charge in [0.2, 0.25) is 0 Å². The highest BCUT2D eigenvalue weighted by Gasteiger charge is 2.38. The van der Waals surface area contributed by atoms with E-state index >= 15 is 0 Å². The van der Waals surface area contributed by atoms with Crippen LogP contribution in [-0.4, -0.2) is 24.1 Å². The molecule has 1 aliphatic carbocycles. The third-order valence-corrected chi connectivity index (χ3v) is 5.83. The van der Waals surface area contributed by atoms with Crippen LogP contribution in [0.2, 0.25) is 0 Å². The summed E-state index contributed by atoms with van der Waals surface area (Å²) in [6, 6.07) is 8.97. The van der Waals surface area contributed by atoms with E-state index in [1.54, 1.807) is 16.7 Å². The molecule has 0 radical (unpaired) electrons. The molecule has 1 atom stereocenters. The molecule has 3 rings (SSSR count). The molecule has 1 aromatic carbocycles. The highest BCUT2D eigenvalue weighted by atomic mass is 32.2. The number of rotatable bonds is 3. The van der Waals surface area contributed by atoms with E-state index in [0.717, 1.165) is 6.54 Å². The van der Waals surface area contributed by atoms with Gasteiger partial charge in [0, 0.05) is 4.75 Å². The quantitative estimate of drug-likeness (QED) is 0.891. The maximum absolute atomic E-state index is 3.31. The van der Waals surface area contributed by atoms with Gasteiger partial charge >= 0.3 is 0 Å². The lowest BCUT2D eigenvalue weighted by atomic mass is 9.90. The Morgan fingerprint density at radius 3 is 3.00 bits per heavy atom. The first-order valence-electron chi connectivity index (χ1n) is 6.84.